The van der Waals surface area contributed by atoms with Crippen LogP contribution in [-0.4, -0.2) is 46.7 Å². The Kier molecular flexibility index (Phi) is 5.64. The molecule has 1 aromatic carbocycles. The van der Waals surface area contributed by atoms with E-state index in [2.05, 4.69) is 9.97 Å². The number of rotatable bonds is 5. The van der Waals surface area contributed by atoms with Crippen LogP contribution in [0.5, 0.6) is 11.5 Å². The van der Waals surface area contributed by atoms with Gasteiger partial charge in [0, 0.05) is 41.8 Å². The van der Waals surface area contributed by atoms with Crippen LogP contribution in [0.4, 0.5) is 16.3 Å². The summed E-state index contributed by atoms with van der Waals surface area (Å²) >= 11 is 0. The Hall–Kier alpha value is -2.68. The molecule has 30 heavy (non-hydrogen) atoms. The molecule has 1 aliphatic heterocycles. The van der Waals surface area contributed by atoms with Crippen LogP contribution >= 0.6 is 0 Å². The van der Waals surface area contributed by atoms with E-state index in [0.29, 0.717) is 23.9 Å². The maximum atomic E-state index is 13.7. The quantitative estimate of drug-likeness (QED) is 0.676. The van der Waals surface area contributed by atoms with Gasteiger partial charge < -0.3 is 9.47 Å². The Morgan fingerprint density at radius 3 is 2.53 bits per heavy atom. The molecule has 0 radical (unpaired) electrons. The van der Waals surface area contributed by atoms with E-state index in [9.17, 15) is 9.00 Å². The van der Waals surface area contributed by atoms with Crippen molar-refractivity contribution in [3.8, 4) is 11.5 Å². The topological polar surface area (TPSA) is 84.9 Å². The third-order valence-corrected chi connectivity index (χ3v) is 6.52. The predicted molar refractivity (Wildman–Crippen MR) is 115 cm³/mol. The average Bonchev–Trinajstić information content (AvgIpc) is 3.27. The third kappa shape index (κ3) is 3.51. The van der Waals surface area contributed by atoms with E-state index in [1.165, 1.54) is 0 Å². The second-order valence-corrected chi connectivity index (χ2v) is 8.88. The molecule has 1 atom stereocenters. The molecular weight excluding hydrogens is 404 g/mol. The van der Waals surface area contributed by atoms with E-state index in [0.717, 1.165) is 42.5 Å². The summed E-state index contributed by atoms with van der Waals surface area (Å²) < 4.78 is 22.9. The number of hydrogen-bond donors (Lipinski definition) is 0. The highest BCUT2D eigenvalue weighted by Gasteiger charge is 2.39. The Labute approximate surface area is 178 Å². The van der Waals surface area contributed by atoms with E-state index in [1.54, 1.807) is 36.5 Å². The smallest absolute Gasteiger partial charge is 0.330 e. The van der Waals surface area contributed by atoms with E-state index < -0.39 is 10.8 Å². The van der Waals surface area contributed by atoms with E-state index in [-0.39, 0.29) is 17.2 Å². The molecule has 2 heterocycles. The number of urea groups is 1. The molecule has 1 saturated carbocycles. The fourth-order valence-corrected chi connectivity index (χ4v) is 4.65. The molecule has 0 saturated heterocycles. The monoisotopic (exact) mass is 430 g/mol. The fraction of sp³-hybridized carbons (Fsp3) is 0.476. The third-order valence-electron chi connectivity index (χ3n) is 5.81. The zero-order valence-corrected chi connectivity index (χ0v) is 18.5. The number of aromatic nitrogens is 2. The van der Waals surface area contributed by atoms with Gasteiger partial charge in [-0.1, -0.05) is 12.8 Å². The number of anilines is 2. The van der Waals surface area contributed by atoms with Crippen LogP contribution in [0.3, 0.4) is 0 Å². The second kappa shape index (κ2) is 8.22. The molecule has 8 nitrogen and oxygen atoms in total. The molecule has 9 heteroatoms. The van der Waals surface area contributed by atoms with Crippen molar-refractivity contribution in [1.29, 1.82) is 0 Å². The van der Waals surface area contributed by atoms with Crippen LogP contribution in [0.15, 0.2) is 23.5 Å². The van der Waals surface area contributed by atoms with Crippen molar-refractivity contribution in [1.82, 2.24) is 9.97 Å². The average molecular weight is 431 g/mol. The lowest BCUT2D eigenvalue weighted by Gasteiger charge is -2.39. The van der Waals surface area contributed by atoms with Gasteiger partial charge in [0.15, 0.2) is 0 Å². The number of hydrogen-bond acceptors (Lipinski definition) is 6. The lowest BCUT2D eigenvalue weighted by molar-refractivity contribution is 0.247. The Bertz CT molecular complexity index is 1010. The van der Waals surface area contributed by atoms with Gasteiger partial charge in [-0.05, 0) is 19.8 Å². The van der Waals surface area contributed by atoms with Gasteiger partial charge in [-0.2, -0.15) is 0 Å². The van der Waals surface area contributed by atoms with Crippen molar-refractivity contribution in [2.24, 2.45) is 0 Å². The highest BCUT2D eigenvalue weighted by atomic mass is 32.2. The number of carbonyl (C=O) groups is 1. The van der Waals surface area contributed by atoms with Crippen LogP contribution in [0.2, 0.25) is 0 Å². The number of fused-ring (bicyclic) bond motifs is 1. The minimum Gasteiger partial charge on any atom is -0.497 e. The van der Waals surface area contributed by atoms with Crippen molar-refractivity contribution >= 4 is 28.3 Å². The predicted octanol–water partition coefficient (Wildman–Crippen LogP) is 3.43. The second-order valence-electron chi connectivity index (χ2n) is 7.61. The summed E-state index contributed by atoms with van der Waals surface area (Å²) in [5.74, 6) is 1.85. The van der Waals surface area contributed by atoms with Crippen molar-refractivity contribution in [3.05, 3.63) is 29.5 Å². The standard InChI is InChI=1S/C21H26N4O4S/c1-13-17(9-16(28-2)10-18(13)29-3)24-12-14-11-22-20(30(4)27)23-19(14)25(21(24)26)15-7-5-6-8-15/h9-11,15H,5-8,12H2,1-4H3/t30-/m1/s1. The molecule has 2 amide bonds. The Morgan fingerprint density at radius 2 is 1.90 bits per heavy atom. The van der Waals surface area contributed by atoms with Gasteiger partial charge in [0.1, 0.15) is 17.3 Å². The molecule has 0 N–H and O–H groups in total. The summed E-state index contributed by atoms with van der Waals surface area (Å²) in [5.41, 5.74) is 2.42. The van der Waals surface area contributed by atoms with Gasteiger partial charge in [0.2, 0.25) is 5.16 Å². The van der Waals surface area contributed by atoms with Crippen molar-refractivity contribution < 1.29 is 18.5 Å². The zero-order chi connectivity index (χ0) is 21.4. The molecule has 0 unspecified atom stereocenters. The first kappa shape index (κ1) is 20.6. The molecule has 1 aliphatic carbocycles. The normalized spacial score (nSPS) is 17.8. The number of methoxy groups -OCH3 is 2. The summed E-state index contributed by atoms with van der Waals surface area (Å²) in [7, 11) is 1.87. The van der Waals surface area contributed by atoms with E-state index in [4.69, 9.17) is 9.47 Å². The van der Waals surface area contributed by atoms with Crippen LogP contribution in [-0.2, 0) is 17.3 Å². The highest BCUT2D eigenvalue weighted by Crippen LogP contribution is 2.40. The van der Waals surface area contributed by atoms with Gasteiger partial charge in [-0.15, -0.1) is 0 Å². The van der Waals surface area contributed by atoms with E-state index in [1.807, 2.05) is 19.1 Å². The maximum absolute atomic E-state index is 13.7. The minimum absolute atomic E-state index is 0.0694. The van der Waals surface area contributed by atoms with Gasteiger partial charge in [0.25, 0.3) is 0 Å². The summed E-state index contributed by atoms with van der Waals surface area (Å²) in [6, 6.07) is 3.59. The molecule has 1 aromatic heterocycles. The van der Waals surface area contributed by atoms with Crippen molar-refractivity contribution in [2.75, 3.05) is 30.3 Å². The largest absolute Gasteiger partial charge is 0.497 e. The number of amides is 2. The van der Waals surface area contributed by atoms with Gasteiger partial charge in [-0.25, -0.2) is 14.8 Å². The number of nitrogens with zero attached hydrogens (tertiary/aromatic N) is 4. The lowest BCUT2D eigenvalue weighted by Crippen LogP contribution is -2.52. The van der Waals surface area contributed by atoms with E-state index >= 15 is 0 Å². The Balaban J connectivity index is 1.84. The SMILES string of the molecule is COc1cc(OC)c(C)c(N2Cc3cnc([S@@](C)=O)nc3N(C3CCCC3)C2=O)c1. The van der Waals surface area contributed by atoms with Crippen LogP contribution in [0.25, 0.3) is 0 Å². The minimum atomic E-state index is -1.32. The number of ether oxygens (including phenoxy) is 2. The Morgan fingerprint density at radius 1 is 1.17 bits per heavy atom. The molecule has 0 bridgehead atoms. The number of carbonyl (C=O) groups excluding carboxylic acids is 1. The first-order chi connectivity index (χ1) is 14.4. The molecule has 2 aromatic rings. The molecule has 1 fully saturated rings. The van der Waals surface area contributed by atoms with Crippen LogP contribution in [0, 0.1) is 6.92 Å². The van der Waals surface area contributed by atoms with Gasteiger partial charge in [0.05, 0.1) is 37.3 Å². The first-order valence-electron chi connectivity index (χ1n) is 9.97. The molecule has 2 aliphatic rings. The van der Waals surface area contributed by atoms with Crippen molar-refractivity contribution in [3.63, 3.8) is 0 Å². The van der Waals surface area contributed by atoms with Crippen molar-refractivity contribution in [2.45, 2.75) is 50.4 Å². The molecular formula is C21H26N4O4S. The number of benzene rings is 1. The van der Waals surface area contributed by atoms with Gasteiger partial charge in [-0.3, -0.25) is 14.0 Å². The highest BCUT2D eigenvalue weighted by molar-refractivity contribution is 7.84. The molecule has 4 rings (SSSR count). The van der Waals surface area contributed by atoms with Gasteiger partial charge >= 0.3 is 6.03 Å². The summed E-state index contributed by atoms with van der Waals surface area (Å²) in [5, 5.41) is 0.247. The zero-order valence-electron chi connectivity index (χ0n) is 17.7. The maximum Gasteiger partial charge on any atom is 0.330 e. The first-order valence-corrected chi connectivity index (χ1v) is 11.5. The summed E-state index contributed by atoms with van der Waals surface area (Å²) in [6.45, 7) is 2.25. The van der Waals surface area contributed by atoms with Crippen LogP contribution < -0.4 is 19.3 Å². The summed E-state index contributed by atoms with van der Waals surface area (Å²) in [6.07, 6.45) is 7.24. The van der Waals surface area contributed by atoms with Crippen LogP contribution in [0.1, 0.15) is 36.8 Å². The lowest BCUT2D eigenvalue weighted by atomic mass is 10.1. The summed E-state index contributed by atoms with van der Waals surface area (Å²) in [4.78, 5) is 26.0. The molecule has 0 spiro atoms. The fourth-order valence-electron chi connectivity index (χ4n) is 4.24. The molecule has 160 valence electrons.